The summed E-state index contributed by atoms with van der Waals surface area (Å²) in [6, 6.07) is 10.2. The second-order valence-corrected chi connectivity index (χ2v) is 4.97. The summed E-state index contributed by atoms with van der Waals surface area (Å²) in [5, 5.41) is 11.4. The van der Waals surface area contributed by atoms with Gasteiger partial charge in [-0.15, -0.1) is 0 Å². The normalized spacial score (nSPS) is 13.4. The van der Waals surface area contributed by atoms with E-state index in [4.69, 9.17) is 10.1 Å². The summed E-state index contributed by atoms with van der Waals surface area (Å²) in [5.41, 5.74) is 4.27. The van der Waals surface area contributed by atoms with Crippen LogP contribution < -0.4 is 10.6 Å². The van der Waals surface area contributed by atoms with E-state index < -0.39 is 0 Å². The summed E-state index contributed by atoms with van der Waals surface area (Å²) in [6.07, 6.45) is 6.65. The van der Waals surface area contributed by atoms with Gasteiger partial charge in [-0.25, -0.2) is 4.98 Å². The smallest absolute Gasteiger partial charge is 0.0738 e. The van der Waals surface area contributed by atoms with Crippen LogP contribution in [0.1, 0.15) is 24.0 Å². The van der Waals surface area contributed by atoms with E-state index in [-0.39, 0.29) is 6.61 Å². The molecule has 3 rings (SSSR count). The molecule has 0 aliphatic heterocycles. The largest absolute Gasteiger partial charge is 0.392 e. The third kappa shape index (κ3) is 2.32. The van der Waals surface area contributed by atoms with Crippen LogP contribution in [-0.2, 0) is 6.61 Å². The van der Waals surface area contributed by atoms with Crippen molar-refractivity contribution in [3.63, 3.8) is 0 Å². The molecule has 0 saturated carbocycles. The highest BCUT2D eigenvalue weighted by Crippen LogP contribution is 2.19. The van der Waals surface area contributed by atoms with E-state index in [1.54, 1.807) is 0 Å². The first-order valence-corrected chi connectivity index (χ1v) is 6.66. The molecular formula is C17H17NO. The second kappa shape index (κ2) is 4.98. The fourth-order valence-corrected chi connectivity index (χ4v) is 2.49. The Bertz CT molecular complexity index is 714. The quantitative estimate of drug-likeness (QED) is 0.884. The highest BCUT2D eigenvalue weighted by atomic mass is 16.3. The molecule has 19 heavy (non-hydrogen) atoms. The van der Waals surface area contributed by atoms with Crippen molar-refractivity contribution in [1.29, 1.82) is 0 Å². The van der Waals surface area contributed by atoms with Crippen LogP contribution in [0.25, 0.3) is 23.4 Å². The van der Waals surface area contributed by atoms with Gasteiger partial charge in [0.05, 0.1) is 17.6 Å². The predicted octanol–water partition coefficient (Wildman–Crippen LogP) is 1.90. The van der Waals surface area contributed by atoms with Gasteiger partial charge < -0.3 is 5.11 Å². The van der Waals surface area contributed by atoms with E-state index in [1.807, 2.05) is 24.3 Å². The minimum atomic E-state index is 0.0830. The van der Waals surface area contributed by atoms with Gasteiger partial charge in [0, 0.05) is 5.56 Å². The van der Waals surface area contributed by atoms with E-state index in [2.05, 4.69) is 25.1 Å². The first-order chi connectivity index (χ1) is 9.28. The van der Waals surface area contributed by atoms with Gasteiger partial charge in [-0.05, 0) is 42.2 Å². The molecule has 0 radical (unpaired) electrons. The predicted molar refractivity (Wildman–Crippen MR) is 77.7 cm³/mol. The Labute approximate surface area is 112 Å². The Kier molecular flexibility index (Phi) is 3.18. The van der Waals surface area contributed by atoms with Crippen molar-refractivity contribution in [3.8, 4) is 11.3 Å². The molecule has 1 aliphatic rings. The van der Waals surface area contributed by atoms with Gasteiger partial charge in [0.15, 0.2) is 0 Å². The van der Waals surface area contributed by atoms with Crippen molar-refractivity contribution < 1.29 is 5.11 Å². The molecule has 0 amide bonds. The van der Waals surface area contributed by atoms with Crippen LogP contribution in [0.5, 0.6) is 0 Å². The number of aliphatic hydroxyl groups is 1. The summed E-state index contributed by atoms with van der Waals surface area (Å²) < 4.78 is 0. The zero-order chi connectivity index (χ0) is 13.2. The van der Waals surface area contributed by atoms with E-state index in [0.717, 1.165) is 35.0 Å². The number of nitrogens with zero attached hydrogens (tertiary/aromatic N) is 1. The molecule has 1 aromatic carbocycles. The monoisotopic (exact) mass is 251 g/mol. The number of rotatable bonds is 2. The van der Waals surface area contributed by atoms with Gasteiger partial charge in [-0.2, -0.15) is 0 Å². The Morgan fingerprint density at radius 2 is 1.84 bits per heavy atom. The minimum absolute atomic E-state index is 0.0830. The molecule has 0 atom stereocenters. The zero-order valence-electron chi connectivity index (χ0n) is 11.1. The Hall–Kier alpha value is -1.93. The average molecular weight is 251 g/mol. The number of fused-ring (bicyclic) bond motifs is 1. The van der Waals surface area contributed by atoms with Crippen LogP contribution in [0.2, 0.25) is 0 Å². The SMILES string of the molecule is Cc1cc2c(nc1-c1ccc(CO)cc1)=CCCC=2. The van der Waals surface area contributed by atoms with Gasteiger partial charge in [-0.1, -0.05) is 36.4 Å². The molecule has 0 bridgehead atoms. The van der Waals surface area contributed by atoms with Gasteiger partial charge in [0.25, 0.3) is 0 Å². The van der Waals surface area contributed by atoms with Crippen molar-refractivity contribution in [2.75, 3.05) is 0 Å². The fourth-order valence-electron chi connectivity index (χ4n) is 2.49. The number of aliphatic hydroxyl groups excluding tert-OH is 1. The molecule has 0 unspecified atom stereocenters. The molecule has 96 valence electrons. The lowest BCUT2D eigenvalue weighted by Crippen LogP contribution is -2.30. The fraction of sp³-hybridized carbons (Fsp3) is 0.235. The Morgan fingerprint density at radius 1 is 1.11 bits per heavy atom. The van der Waals surface area contributed by atoms with Crippen molar-refractivity contribution in [2.24, 2.45) is 0 Å². The standard InChI is InChI=1S/C17H17NO/c1-12-10-15-4-2-3-5-16(15)18-17(12)14-8-6-13(11-19)7-9-14/h4-10,19H,2-3,11H2,1H3. The molecule has 1 heterocycles. The van der Waals surface area contributed by atoms with Crippen molar-refractivity contribution in [3.05, 3.63) is 52.0 Å². The van der Waals surface area contributed by atoms with Gasteiger partial charge in [0.1, 0.15) is 0 Å². The maximum absolute atomic E-state index is 9.09. The van der Waals surface area contributed by atoms with Crippen LogP contribution in [0, 0.1) is 6.92 Å². The van der Waals surface area contributed by atoms with Crippen LogP contribution in [0.15, 0.2) is 30.3 Å². The van der Waals surface area contributed by atoms with Crippen LogP contribution in [0.4, 0.5) is 0 Å². The average Bonchev–Trinajstić information content (AvgIpc) is 2.47. The summed E-state index contributed by atoms with van der Waals surface area (Å²) in [7, 11) is 0. The van der Waals surface area contributed by atoms with Crippen molar-refractivity contribution in [1.82, 2.24) is 4.98 Å². The number of hydrogen-bond donors (Lipinski definition) is 1. The molecular weight excluding hydrogens is 234 g/mol. The van der Waals surface area contributed by atoms with Gasteiger partial charge in [0.2, 0.25) is 0 Å². The van der Waals surface area contributed by atoms with E-state index in [0.29, 0.717) is 0 Å². The zero-order valence-corrected chi connectivity index (χ0v) is 11.1. The van der Waals surface area contributed by atoms with E-state index in [9.17, 15) is 0 Å². The lowest BCUT2D eigenvalue weighted by atomic mass is 10.0. The van der Waals surface area contributed by atoms with Gasteiger partial charge >= 0.3 is 0 Å². The van der Waals surface area contributed by atoms with Crippen LogP contribution in [0.3, 0.4) is 0 Å². The van der Waals surface area contributed by atoms with Crippen LogP contribution in [-0.4, -0.2) is 10.1 Å². The second-order valence-electron chi connectivity index (χ2n) is 4.97. The molecule has 1 N–H and O–H groups in total. The van der Waals surface area contributed by atoms with Crippen molar-refractivity contribution in [2.45, 2.75) is 26.4 Å². The Morgan fingerprint density at radius 3 is 2.58 bits per heavy atom. The van der Waals surface area contributed by atoms with E-state index in [1.165, 1.54) is 10.8 Å². The summed E-state index contributed by atoms with van der Waals surface area (Å²) in [4.78, 5) is 4.79. The molecule has 2 nitrogen and oxygen atoms in total. The van der Waals surface area contributed by atoms with E-state index >= 15 is 0 Å². The lowest BCUT2D eigenvalue weighted by Gasteiger charge is -2.08. The summed E-state index contributed by atoms with van der Waals surface area (Å²) >= 11 is 0. The third-order valence-electron chi connectivity index (χ3n) is 3.55. The highest BCUT2D eigenvalue weighted by molar-refractivity contribution is 5.63. The molecule has 0 saturated heterocycles. The first kappa shape index (κ1) is 12.1. The number of aryl methyl sites for hydroxylation is 1. The molecule has 2 heteroatoms. The highest BCUT2D eigenvalue weighted by Gasteiger charge is 2.05. The third-order valence-corrected chi connectivity index (χ3v) is 3.55. The Balaban J connectivity index is 2.14. The molecule has 0 fully saturated rings. The number of hydrogen-bond acceptors (Lipinski definition) is 2. The lowest BCUT2D eigenvalue weighted by molar-refractivity contribution is 0.282. The minimum Gasteiger partial charge on any atom is -0.392 e. The number of pyridine rings is 1. The molecule has 2 aromatic rings. The van der Waals surface area contributed by atoms with Gasteiger partial charge in [-0.3, -0.25) is 0 Å². The maximum Gasteiger partial charge on any atom is 0.0738 e. The number of benzene rings is 1. The molecule has 0 spiro atoms. The van der Waals surface area contributed by atoms with Crippen LogP contribution >= 0.6 is 0 Å². The molecule has 1 aliphatic carbocycles. The van der Waals surface area contributed by atoms with Crippen molar-refractivity contribution >= 4 is 12.2 Å². The first-order valence-electron chi connectivity index (χ1n) is 6.66. The number of aromatic nitrogens is 1. The maximum atomic E-state index is 9.09. The molecule has 1 aromatic heterocycles. The summed E-state index contributed by atoms with van der Waals surface area (Å²) in [5.74, 6) is 0. The summed E-state index contributed by atoms with van der Waals surface area (Å²) in [6.45, 7) is 2.19. The topological polar surface area (TPSA) is 33.1 Å².